The van der Waals surface area contributed by atoms with Crippen LogP contribution >= 0.6 is 0 Å². The second-order valence-electron chi connectivity index (χ2n) is 7.74. The van der Waals surface area contributed by atoms with Gasteiger partial charge in [-0.15, -0.1) is 5.10 Å². The summed E-state index contributed by atoms with van der Waals surface area (Å²) in [5, 5.41) is 21.8. The number of nitriles is 1. The van der Waals surface area contributed by atoms with E-state index >= 15 is 0 Å². The maximum atomic E-state index is 12.1. The number of aromatic nitrogens is 4. The van der Waals surface area contributed by atoms with E-state index in [1.54, 1.807) is 16.8 Å². The van der Waals surface area contributed by atoms with Crippen LogP contribution in [0, 0.1) is 11.3 Å². The van der Waals surface area contributed by atoms with Gasteiger partial charge >= 0.3 is 0 Å². The maximum Gasteiger partial charge on any atom is 0.266 e. The summed E-state index contributed by atoms with van der Waals surface area (Å²) in [5.74, 6) is 0.649. The van der Waals surface area contributed by atoms with Crippen LogP contribution in [0.3, 0.4) is 0 Å². The van der Waals surface area contributed by atoms with Gasteiger partial charge in [0, 0.05) is 44.2 Å². The van der Waals surface area contributed by atoms with Gasteiger partial charge in [-0.05, 0) is 12.1 Å². The lowest BCUT2D eigenvalue weighted by Crippen LogP contribution is -2.48. The first-order valence-electron chi connectivity index (χ1n) is 9.16. The zero-order valence-corrected chi connectivity index (χ0v) is 16.1. The summed E-state index contributed by atoms with van der Waals surface area (Å²) >= 11 is 0. The van der Waals surface area contributed by atoms with Gasteiger partial charge in [0.15, 0.2) is 5.82 Å². The summed E-state index contributed by atoms with van der Waals surface area (Å²) in [6, 6.07) is 7.27. The van der Waals surface area contributed by atoms with Crippen molar-refractivity contribution in [2.75, 3.05) is 37.6 Å². The highest BCUT2D eigenvalue weighted by molar-refractivity contribution is 5.52. The highest BCUT2D eigenvalue weighted by Gasteiger charge is 2.21. The fraction of sp³-hybridized carbons (Fsp3) is 0.526. The monoisotopic (exact) mass is 367 g/mol. The molecule has 0 N–H and O–H groups in total. The Hall–Kier alpha value is -2.79. The fourth-order valence-electron chi connectivity index (χ4n) is 3.07. The lowest BCUT2D eigenvalue weighted by Gasteiger charge is -2.35. The molecule has 1 aliphatic rings. The van der Waals surface area contributed by atoms with Crippen molar-refractivity contribution < 1.29 is 0 Å². The Morgan fingerprint density at radius 2 is 1.85 bits per heavy atom. The molecule has 3 heterocycles. The van der Waals surface area contributed by atoms with E-state index in [0.29, 0.717) is 17.9 Å². The predicted molar refractivity (Wildman–Crippen MR) is 103 cm³/mol. The summed E-state index contributed by atoms with van der Waals surface area (Å²) in [4.78, 5) is 16.5. The minimum absolute atomic E-state index is 0.0696. The molecular formula is C19H25N7O. The van der Waals surface area contributed by atoms with Crippen LogP contribution in [0.5, 0.6) is 0 Å². The number of hydrogen-bond donors (Lipinski definition) is 0. The van der Waals surface area contributed by atoms with Crippen molar-refractivity contribution in [1.82, 2.24) is 24.9 Å². The van der Waals surface area contributed by atoms with Crippen molar-refractivity contribution >= 4 is 5.82 Å². The largest absolute Gasteiger partial charge is 0.351 e. The molecule has 1 aliphatic heterocycles. The first-order valence-corrected chi connectivity index (χ1v) is 9.16. The van der Waals surface area contributed by atoms with Gasteiger partial charge in [-0.1, -0.05) is 20.8 Å². The average molecular weight is 367 g/mol. The molecule has 8 nitrogen and oxygen atoms in total. The second-order valence-corrected chi connectivity index (χ2v) is 7.74. The van der Waals surface area contributed by atoms with E-state index in [1.165, 1.54) is 6.20 Å². The van der Waals surface area contributed by atoms with Crippen LogP contribution in [0.4, 0.5) is 5.82 Å². The van der Waals surface area contributed by atoms with Crippen LogP contribution in [-0.4, -0.2) is 57.6 Å². The molecule has 27 heavy (non-hydrogen) atoms. The molecule has 1 saturated heterocycles. The van der Waals surface area contributed by atoms with Crippen molar-refractivity contribution in [2.24, 2.45) is 0 Å². The minimum Gasteiger partial charge on any atom is -0.351 e. The standard InChI is InChI=1S/C19H25N7O/c1-19(2,3)16-4-5-17(27)26(23-16)13-10-24-8-11-25(12-9-24)18-15(14-20)6-7-21-22-18/h4-7H,8-13H2,1-3H3. The smallest absolute Gasteiger partial charge is 0.266 e. The van der Waals surface area contributed by atoms with Crippen molar-refractivity contribution in [3.05, 3.63) is 46.0 Å². The molecule has 0 aromatic carbocycles. The Balaban J connectivity index is 1.59. The molecule has 0 amide bonds. The molecule has 142 valence electrons. The van der Waals surface area contributed by atoms with Gasteiger partial charge in [-0.2, -0.15) is 15.5 Å². The lowest BCUT2D eigenvalue weighted by atomic mass is 9.92. The van der Waals surface area contributed by atoms with Crippen molar-refractivity contribution in [3.8, 4) is 6.07 Å². The summed E-state index contributed by atoms with van der Waals surface area (Å²) < 4.78 is 1.56. The van der Waals surface area contributed by atoms with Crippen LogP contribution in [0.25, 0.3) is 0 Å². The van der Waals surface area contributed by atoms with Gasteiger partial charge < -0.3 is 4.90 Å². The van der Waals surface area contributed by atoms with E-state index in [-0.39, 0.29) is 11.0 Å². The van der Waals surface area contributed by atoms with Crippen molar-refractivity contribution in [1.29, 1.82) is 5.26 Å². The van der Waals surface area contributed by atoms with Crippen LogP contribution < -0.4 is 10.5 Å². The van der Waals surface area contributed by atoms with Crippen LogP contribution in [-0.2, 0) is 12.0 Å². The molecule has 0 saturated carbocycles. The number of hydrogen-bond acceptors (Lipinski definition) is 7. The zero-order valence-electron chi connectivity index (χ0n) is 16.1. The molecule has 0 aliphatic carbocycles. The SMILES string of the molecule is CC(C)(C)c1ccc(=O)n(CCN2CCN(c3nnccc3C#N)CC2)n1. The molecule has 2 aromatic heterocycles. The third-order valence-corrected chi connectivity index (χ3v) is 4.76. The Morgan fingerprint density at radius 3 is 2.52 bits per heavy atom. The first-order chi connectivity index (χ1) is 12.9. The summed E-state index contributed by atoms with van der Waals surface area (Å²) in [7, 11) is 0. The second kappa shape index (κ2) is 7.84. The Kier molecular flexibility index (Phi) is 5.51. The average Bonchev–Trinajstić information content (AvgIpc) is 2.67. The molecule has 8 heteroatoms. The number of nitrogens with zero attached hydrogens (tertiary/aromatic N) is 7. The minimum atomic E-state index is -0.0871. The van der Waals surface area contributed by atoms with E-state index in [9.17, 15) is 10.1 Å². The van der Waals surface area contributed by atoms with Gasteiger partial charge in [0.1, 0.15) is 6.07 Å². The Morgan fingerprint density at radius 1 is 1.11 bits per heavy atom. The first kappa shape index (κ1) is 19.0. The van der Waals surface area contributed by atoms with E-state index in [0.717, 1.165) is 38.4 Å². The van der Waals surface area contributed by atoms with Gasteiger partial charge in [0.25, 0.3) is 5.56 Å². The van der Waals surface area contributed by atoms with Crippen LogP contribution in [0.2, 0.25) is 0 Å². The third kappa shape index (κ3) is 4.49. The topological polar surface area (TPSA) is 90.9 Å². The number of rotatable bonds is 4. The van der Waals surface area contributed by atoms with E-state index in [4.69, 9.17) is 0 Å². The lowest BCUT2D eigenvalue weighted by molar-refractivity contribution is 0.241. The molecule has 3 rings (SSSR count). The molecule has 0 bridgehead atoms. The quantitative estimate of drug-likeness (QED) is 0.797. The van der Waals surface area contributed by atoms with Crippen molar-refractivity contribution in [3.63, 3.8) is 0 Å². The van der Waals surface area contributed by atoms with Gasteiger partial charge in [-0.25, -0.2) is 4.68 Å². The molecule has 0 atom stereocenters. The summed E-state index contributed by atoms with van der Waals surface area (Å²) in [6.07, 6.45) is 1.54. The third-order valence-electron chi connectivity index (χ3n) is 4.76. The Bertz CT molecular complexity index is 886. The van der Waals surface area contributed by atoms with Crippen LogP contribution in [0.15, 0.2) is 29.2 Å². The molecule has 1 fully saturated rings. The summed E-state index contributed by atoms with van der Waals surface area (Å²) in [5.41, 5.74) is 1.31. The highest BCUT2D eigenvalue weighted by atomic mass is 16.1. The van der Waals surface area contributed by atoms with E-state index in [1.807, 2.05) is 6.07 Å². The fourth-order valence-corrected chi connectivity index (χ4v) is 3.07. The predicted octanol–water partition coefficient (Wildman–Crippen LogP) is 1.02. The zero-order chi connectivity index (χ0) is 19.4. The molecular weight excluding hydrogens is 342 g/mol. The van der Waals surface area contributed by atoms with E-state index < -0.39 is 0 Å². The van der Waals surface area contributed by atoms with Crippen molar-refractivity contribution in [2.45, 2.75) is 32.7 Å². The molecule has 2 aromatic rings. The van der Waals surface area contributed by atoms with E-state index in [2.05, 4.69) is 51.9 Å². The molecule has 0 spiro atoms. The number of anilines is 1. The molecule has 0 unspecified atom stereocenters. The highest BCUT2D eigenvalue weighted by Crippen LogP contribution is 2.18. The normalized spacial score (nSPS) is 15.6. The Labute approximate surface area is 159 Å². The van der Waals surface area contributed by atoms with Crippen LogP contribution in [0.1, 0.15) is 32.0 Å². The summed E-state index contributed by atoms with van der Waals surface area (Å²) in [6.45, 7) is 10.8. The van der Waals surface area contributed by atoms with Gasteiger partial charge in [0.05, 0.1) is 24.0 Å². The van der Waals surface area contributed by atoms with Gasteiger partial charge in [0.2, 0.25) is 0 Å². The molecule has 0 radical (unpaired) electrons. The van der Waals surface area contributed by atoms with Gasteiger partial charge in [-0.3, -0.25) is 9.69 Å². The maximum absolute atomic E-state index is 12.1. The number of piperazine rings is 1.